The molecule has 2 amide bonds. The minimum Gasteiger partial charge on any atom is -0.334 e. The molecule has 4 fully saturated rings. The largest absolute Gasteiger partial charge is 0.334 e. The summed E-state index contributed by atoms with van der Waals surface area (Å²) >= 11 is 0. The molecule has 136 valence electrons. The van der Waals surface area contributed by atoms with Crippen molar-refractivity contribution in [3.63, 3.8) is 0 Å². The van der Waals surface area contributed by atoms with Gasteiger partial charge in [0.25, 0.3) is 0 Å². The lowest BCUT2D eigenvalue weighted by Crippen LogP contribution is -2.62. The second-order valence-corrected chi connectivity index (χ2v) is 7.69. The number of nitrogens with zero attached hydrogens (tertiary/aromatic N) is 4. The van der Waals surface area contributed by atoms with Crippen LogP contribution in [0.4, 0.5) is 4.79 Å². The van der Waals surface area contributed by atoms with Gasteiger partial charge in [-0.1, -0.05) is 0 Å². The molecule has 0 aromatic carbocycles. The van der Waals surface area contributed by atoms with Crippen molar-refractivity contribution in [2.45, 2.75) is 32.4 Å². The molecule has 1 aromatic heterocycles. The quantitative estimate of drug-likeness (QED) is 0.899. The lowest BCUT2D eigenvalue weighted by Gasteiger charge is -2.50. The summed E-state index contributed by atoms with van der Waals surface area (Å²) in [5, 5.41) is 3.05. The van der Waals surface area contributed by atoms with E-state index in [1.165, 1.54) is 32.5 Å². The van der Waals surface area contributed by atoms with E-state index in [2.05, 4.69) is 20.1 Å². The molecule has 0 spiro atoms. The first-order valence-electron chi connectivity index (χ1n) is 9.60. The highest BCUT2D eigenvalue weighted by Crippen LogP contribution is 2.31. The van der Waals surface area contributed by atoms with E-state index < -0.39 is 0 Å². The SMILES string of the molecule is Cc1cc(CNC(=O)N2CCN([C@@H]3CN4CCC3CC4)CC2)ccn1. The normalized spacial score (nSPS) is 29.6. The van der Waals surface area contributed by atoms with Crippen molar-refractivity contribution in [2.24, 2.45) is 5.92 Å². The lowest BCUT2D eigenvalue weighted by atomic mass is 9.83. The summed E-state index contributed by atoms with van der Waals surface area (Å²) < 4.78 is 0. The van der Waals surface area contributed by atoms with E-state index in [1.54, 1.807) is 6.20 Å². The molecule has 1 atom stereocenters. The molecule has 5 heterocycles. The molecule has 25 heavy (non-hydrogen) atoms. The van der Waals surface area contributed by atoms with Crippen LogP contribution in [0.3, 0.4) is 0 Å². The number of piperazine rings is 1. The number of aromatic nitrogens is 1. The molecule has 0 unspecified atom stereocenters. The van der Waals surface area contributed by atoms with Gasteiger partial charge in [0.1, 0.15) is 0 Å². The minimum absolute atomic E-state index is 0.0584. The first-order valence-corrected chi connectivity index (χ1v) is 9.60. The number of pyridine rings is 1. The molecule has 6 heteroatoms. The van der Waals surface area contributed by atoms with Gasteiger partial charge < -0.3 is 15.1 Å². The highest BCUT2D eigenvalue weighted by atomic mass is 16.2. The average Bonchev–Trinajstić information content (AvgIpc) is 2.67. The molecule has 1 aromatic rings. The fourth-order valence-electron chi connectivity index (χ4n) is 4.61. The summed E-state index contributed by atoms with van der Waals surface area (Å²) in [6.45, 7) is 10.1. The predicted octanol–water partition coefficient (Wildman–Crippen LogP) is 1.31. The smallest absolute Gasteiger partial charge is 0.317 e. The fourth-order valence-corrected chi connectivity index (χ4v) is 4.61. The third-order valence-electron chi connectivity index (χ3n) is 6.10. The first kappa shape index (κ1) is 16.8. The van der Waals surface area contributed by atoms with Gasteiger partial charge in [-0.05, 0) is 56.5 Å². The Morgan fingerprint density at radius 1 is 1.20 bits per heavy atom. The first-order chi connectivity index (χ1) is 12.2. The van der Waals surface area contributed by atoms with Crippen LogP contribution in [0.15, 0.2) is 18.3 Å². The van der Waals surface area contributed by atoms with Crippen molar-refractivity contribution < 1.29 is 4.79 Å². The van der Waals surface area contributed by atoms with E-state index in [4.69, 9.17) is 0 Å². The molecule has 0 radical (unpaired) electrons. The molecule has 1 N–H and O–H groups in total. The summed E-state index contributed by atoms with van der Waals surface area (Å²) in [4.78, 5) is 23.8. The number of carbonyl (C=O) groups is 1. The maximum Gasteiger partial charge on any atom is 0.317 e. The number of aryl methyl sites for hydroxylation is 1. The number of carbonyl (C=O) groups excluding carboxylic acids is 1. The lowest BCUT2D eigenvalue weighted by molar-refractivity contribution is -0.0103. The number of urea groups is 1. The topological polar surface area (TPSA) is 51.7 Å². The van der Waals surface area contributed by atoms with Crippen LogP contribution in [-0.4, -0.2) is 77.6 Å². The number of nitrogens with one attached hydrogen (secondary N) is 1. The molecule has 0 saturated carbocycles. The predicted molar refractivity (Wildman–Crippen MR) is 97.3 cm³/mol. The van der Waals surface area contributed by atoms with Crippen molar-refractivity contribution in [3.05, 3.63) is 29.6 Å². The van der Waals surface area contributed by atoms with Gasteiger partial charge in [0.05, 0.1) is 0 Å². The van der Waals surface area contributed by atoms with E-state index in [0.717, 1.165) is 43.4 Å². The van der Waals surface area contributed by atoms with E-state index in [1.807, 2.05) is 24.0 Å². The summed E-state index contributed by atoms with van der Waals surface area (Å²) in [6, 6.07) is 4.75. The Hall–Kier alpha value is -1.66. The van der Waals surface area contributed by atoms with Crippen LogP contribution in [-0.2, 0) is 6.54 Å². The van der Waals surface area contributed by atoms with Crippen molar-refractivity contribution >= 4 is 6.03 Å². The van der Waals surface area contributed by atoms with Gasteiger partial charge >= 0.3 is 6.03 Å². The zero-order valence-corrected chi connectivity index (χ0v) is 15.2. The molecule has 4 saturated heterocycles. The monoisotopic (exact) mass is 343 g/mol. The molecular weight excluding hydrogens is 314 g/mol. The molecule has 5 rings (SSSR count). The van der Waals surface area contributed by atoms with E-state index in [-0.39, 0.29) is 6.03 Å². The van der Waals surface area contributed by atoms with Gasteiger partial charge in [-0.15, -0.1) is 0 Å². The average molecular weight is 343 g/mol. The number of rotatable bonds is 3. The van der Waals surface area contributed by atoms with Crippen LogP contribution < -0.4 is 5.32 Å². The Morgan fingerprint density at radius 3 is 2.60 bits per heavy atom. The molecule has 4 aliphatic heterocycles. The van der Waals surface area contributed by atoms with E-state index in [0.29, 0.717) is 12.6 Å². The fraction of sp³-hybridized carbons (Fsp3) is 0.684. The van der Waals surface area contributed by atoms with Crippen LogP contribution in [0.5, 0.6) is 0 Å². The van der Waals surface area contributed by atoms with Gasteiger partial charge in [0, 0.05) is 57.2 Å². The van der Waals surface area contributed by atoms with Crippen LogP contribution in [0.2, 0.25) is 0 Å². The minimum atomic E-state index is 0.0584. The van der Waals surface area contributed by atoms with E-state index >= 15 is 0 Å². The van der Waals surface area contributed by atoms with Gasteiger partial charge in [0.2, 0.25) is 0 Å². The van der Waals surface area contributed by atoms with Crippen molar-refractivity contribution in [1.29, 1.82) is 0 Å². The molecule has 2 bridgehead atoms. The van der Waals surface area contributed by atoms with Gasteiger partial charge in [-0.3, -0.25) is 9.88 Å². The Bertz CT molecular complexity index is 606. The maximum atomic E-state index is 12.4. The second-order valence-electron chi connectivity index (χ2n) is 7.69. The van der Waals surface area contributed by atoms with E-state index in [9.17, 15) is 4.79 Å². The Labute approximate surface area is 150 Å². The van der Waals surface area contributed by atoms with Crippen LogP contribution in [0.1, 0.15) is 24.1 Å². The molecule has 6 nitrogen and oxygen atoms in total. The van der Waals surface area contributed by atoms with Gasteiger partial charge in [-0.25, -0.2) is 4.79 Å². The summed E-state index contributed by atoms with van der Waals surface area (Å²) in [5.41, 5.74) is 2.09. The highest BCUT2D eigenvalue weighted by molar-refractivity contribution is 5.74. The zero-order valence-electron chi connectivity index (χ0n) is 15.2. The Balaban J connectivity index is 1.25. The maximum absolute atomic E-state index is 12.4. The van der Waals surface area contributed by atoms with Crippen molar-refractivity contribution in [1.82, 2.24) is 25.0 Å². The number of fused-ring (bicyclic) bond motifs is 3. The molecule has 0 aliphatic carbocycles. The van der Waals surface area contributed by atoms with Crippen molar-refractivity contribution in [2.75, 3.05) is 45.8 Å². The third-order valence-corrected chi connectivity index (χ3v) is 6.10. The molecular formula is C19H29N5O. The van der Waals surface area contributed by atoms with Crippen molar-refractivity contribution in [3.8, 4) is 0 Å². The summed E-state index contributed by atoms with van der Waals surface area (Å²) in [6.07, 6.45) is 4.51. The Morgan fingerprint density at radius 2 is 1.96 bits per heavy atom. The standard InChI is InChI=1S/C19H29N5O/c1-15-12-16(2-5-20-15)13-21-19(25)24-10-8-23(9-11-24)18-14-22-6-3-17(18)4-7-22/h2,5,12,17-18H,3-4,6-11,13-14H2,1H3,(H,21,25)/t18-/m1/s1. The van der Waals surface area contributed by atoms with Crippen LogP contribution in [0.25, 0.3) is 0 Å². The van der Waals surface area contributed by atoms with Gasteiger partial charge in [0.15, 0.2) is 0 Å². The van der Waals surface area contributed by atoms with Crippen LogP contribution >= 0.6 is 0 Å². The second kappa shape index (κ2) is 7.30. The van der Waals surface area contributed by atoms with Gasteiger partial charge in [-0.2, -0.15) is 0 Å². The number of hydrogen-bond donors (Lipinski definition) is 1. The number of amides is 2. The number of hydrogen-bond acceptors (Lipinski definition) is 4. The summed E-state index contributed by atoms with van der Waals surface area (Å²) in [7, 11) is 0. The third kappa shape index (κ3) is 3.80. The highest BCUT2D eigenvalue weighted by Gasteiger charge is 2.38. The number of piperidine rings is 3. The zero-order chi connectivity index (χ0) is 17.2. The molecule has 4 aliphatic rings. The summed E-state index contributed by atoms with van der Waals surface area (Å²) in [5.74, 6) is 0.875. The Kier molecular flexibility index (Phi) is 4.90. The van der Waals surface area contributed by atoms with Crippen LogP contribution in [0, 0.1) is 12.8 Å².